The Labute approximate surface area is 173 Å². The number of aromatic nitrogens is 2. The highest BCUT2D eigenvalue weighted by atomic mass is 16.5. The molecule has 2 heterocycles. The van der Waals surface area contributed by atoms with E-state index in [0.717, 1.165) is 37.2 Å². The van der Waals surface area contributed by atoms with E-state index in [4.69, 9.17) is 9.72 Å². The average molecular weight is 404 g/mol. The monoisotopic (exact) mass is 403 g/mol. The molecule has 2 amide bonds. The fraction of sp³-hybridized carbons (Fsp3) is 0.714. The average Bonchev–Trinajstić information content (AvgIpc) is 3.35. The maximum absolute atomic E-state index is 12.7. The predicted molar refractivity (Wildman–Crippen MR) is 111 cm³/mol. The van der Waals surface area contributed by atoms with Crippen LogP contribution in [0.5, 0.6) is 0 Å². The predicted octanol–water partition coefficient (Wildman–Crippen LogP) is 1.65. The Bertz CT molecular complexity index is 733. The molecule has 2 fully saturated rings. The van der Waals surface area contributed by atoms with Crippen LogP contribution in [0.4, 0.5) is 5.82 Å². The molecule has 1 saturated carbocycles. The summed E-state index contributed by atoms with van der Waals surface area (Å²) in [4.78, 5) is 40.0. The van der Waals surface area contributed by atoms with E-state index in [1.54, 1.807) is 12.0 Å². The molecule has 1 aromatic rings. The number of rotatable bonds is 8. The molecule has 0 bridgehead atoms. The van der Waals surface area contributed by atoms with Gasteiger partial charge in [-0.2, -0.15) is 0 Å². The molecule has 0 unspecified atom stereocenters. The smallest absolute Gasteiger partial charge is 0.225 e. The first-order valence-electron chi connectivity index (χ1n) is 10.5. The maximum atomic E-state index is 12.7. The summed E-state index contributed by atoms with van der Waals surface area (Å²) in [5, 5.41) is 0. The molecule has 29 heavy (non-hydrogen) atoms. The molecule has 8 nitrogen and oxygen atoms in total. The molecule has 0 spiro atoms. The molecule has 2 aliphatic rings. The first-order chi connectivity index (χ1) is 13.9. The SMILES string of the molecule is COCCN1C[C@H](c2cc(N(C)C)nc(CN(C)C(=O)C3CCCC3)n2)CC1=O. The van der Waals surface area contributed by atoms with Crippen molar-refractivity contribution in [2.45, 2.75) is 44.6 Å². The van der Waals surface area contributed by atoms with Gasteiger partial charge in [0.2, 0.25) is 11.8 Å². The number of carbonyl (C=O) groups excluding carboxylic acids is 2. The van der Waals surface area contributed by atoms with E-state index in [2.05, 4.69) is 4.98 Å². The van der Waals surface area contributed by atoms with Crippen molar-refractivity contribution in [2.24, 2.45) is 5.92 Å². The van der Waals surface area contributed by atoms with Crippen molar-refractivity contribution in [3.63, 3.8) is 0 Å². The molecule has 3 rings (SSSR count). The Morgan fingerprint density at radius 3 is 2.62 bits per heavy atom. The lowest BCUT2D eigenvalue weighted by molar-refractivity contribution is -0.134. The van der Waals surface area contributed by atoms with Crippen molar-refractivity contribution in [3.8, 4) is 0 Å². The van der Waals surface area contributed by atoms with Crippen LogP contribution in [-0.4, -0.2) is 79.5 Å². The largest absolute Gasteiger partial charge is 0.383 e. The topological polar surface area (TPSA) is 78.9 Å². The first-order valence-corrected chi connectivity index (χ1v) is 10.5. The van der Waals surface area contributed by atoms with Crippen molar-refractivity contribution in [2.75, 3.05) is 52.8 Å². The van der Waals surface area contributed by atoms with Crippen LogP contribution >= 0.6 is 0 Å². The number of likely N-dealkylation sites (tertiary alicyclic amines) is 1. The van der Waals surface area contributed by atoms with E-state index < -0.39 is 0 Å². The third-order valence-electron chi connectivity index (χ3n) is 5.89. The number of carbonyl (C=O) groups is 2. The normalized spacial score (nSPS) is 19.8. The van der Waals surface area contributed by atoms with Crippen molar-refractivity contribution in [1.82, 2.24) is 19.8 Å². The van der Waals surface area contributed by atoms with Gasteiger partial charge in [0.1, 0.15) is 11.6 Å². The summed E-state index contributed by atoms with van der Waals surface area (Å²) in [6.45, 7) is 2.16. The van der Waals surface area contributed by atoms with E-state index in [0.29, 0.717) is 38.5 Å². The van der Waals surface area contributed by atoms with Crippen LogP contribution in [0.2, 0.25) is 0 Å². The van der Waals surface area contributed by atoms with Gasteiger partial charge in [-0.3, -0.25) is 9.59 Å². The van der Waals surface area contributed by atoms with Crippen LogP contribution in [0.1, 0.15) is 49.5 Å². The fourth-order valence-corrected chi connectivity index (χ4v) is 4.17. The van der Waals surface area contributed by atoms with Gasteiger partial charge in [-0.05, 0) is 12.8 Å². The van der Waals surface area contributed by atoms with Gasteiger partial charge < -0.3 is 19.4 Å². The summed E-state index contributed by atoms with van der Waals surface area (Å²) in [7, 11) is 7.35. The lowest BCUT2D eigenvalue weighted by Gasteiger charge is -2.22. The molecule has 1 aromatic heterocycles. The van der Waals surface area contributed by atoms with Gasteiger partial charge in [0.15, 0.2) is 0 Å². The Morgan fingerprint density at radius 2 is 1.97 bits per heavy atom. The van der Waals surface area contributed by atoms with Gasteiger partial charge in [0.05, 0.1) is 18.8 Å². The molecule has 1 saturated heterocycles. The van der Waals surface area contributed by atoms with Crippen LogP contribution in [0, 0.1) is 5.92 Å². The molecule has 1 aliphatic carbocycles. The van der Waals surface area contributed by atoms with E-state index in [-0.39, 0.29) is 23.7 Å². The second-order valence-corrected chi connectivity index (χ2v) is 8.37. The Balaban J connectivity index is 1.75. The Morgan fingerprint density at radius 1 is 1.24 bits per heavy atom. The Hall–Kier alpha value is -2.22. The number of nitrogens with zero attached hydrogens (tertiary/aromatic N) is 5. The molecule has 160 valence electrons. The third-order valence-corrected chi connectivity index (χ3v) is 5.89. The van der Waals surface area contributed by atoms with Gasteiger partial charge in [0, 0.05) is 65.7 Å². The second kappa shape index (κ2) is 9.52. The molecular formula is C21H33N5O3. The summed E-state index contributed by atoms with van der Waals surface area (Å²) >= 11 is 0. The van der Waals surface area contributed by atoms with Crippen LogP contribution < -0.4 is 4.90 Å². The minimum Gasteiger partial charge on any atom is -0.383 e. The summed E-state index contributed by atoms with van der Waals surface area (Å²) in [6.07, 6.45) is 4.68. The van der Waals surface area contributed by atoms with Gasteiger partial charge in [-0.1, -0.05) is 12.8 Å². The summed E-state index contributed by atoms with van der Waals surface area (Å²) in [6, 6.07) is 1.96. The lowest BCUT2D eigenvalue weighted by atomic mass is 10.0. The minimum absolute atomic E-state index is 0.0376. The molecule has 0 aromatic carbocycles. The van der Waals surface area contributed by atoms with Crippen molar-refractivity contribution >= 4 is 17.6 Å². The highest BCUT2D eigenvalue weighted by molar-refractivity contribution is 5.80. The maximum Gasteiger partial charge on any atom is 0.225 e. The third kappa shape index (κ3) is 5.23. The number of hydrogen-bond acceptors (Lipinski definition) is 6. The highest BCUT2D eigenvalue weighted by Crippen LogP contribution is 2.29. The Kier molecular flexibility index (Phi) is 7.05. The zero-order valence-corrected chi connectivity index (χ0v) is 18.1. The standard InChI is InChI=1S/C21H33N5O3/c1-24(2)19-12-17(16-11-20(27)26(13-16)9-10-29-4)22-18(23-19)14-25(3)21(28)15-7-5-6-8-15/h12,15-16H,5-11,13-14H2,1-4H3/t16-/m1/s1. The zero-order valence-electron chi connectivity index (χ0n) is 18.1. The van der Waals surface area contributed by atoms with Crippen molar-refractivity contribution in [1.29, 1.82) is 0 Å². The van der Waals surface area contributed by atoms with Crippen molar-refractivity contribution < 1.29 is 14.3 Å². The van der Waals surface area contributed by atoms with Crippen LogP contribution in [0.15, 0.2) is 6.07 Å². The van der Waals surface area contributed by atoms with Crippen LogP contribution in [0.25, 0.3) is 0 Å². The molecule has 1 aliphatic heterocycles. The summed E-state index contributed by atoms with van der Waals surface area (Å²) in [5.41, 5.74) is 0.869. The summed E-state index contributed by atoms with van der Waals surface area (Å²) < 4.78 is 5.11. The molecule has 0 N–H and O–H groups in total. The molecular weight excluding hydrogens is 370 g/mol. The van der Waals surface area contributed by atoms with Gasteiger partial charge >= 0.3 is 0 Å². The summed E-state index contributed by atoms with van der Waals surface area (Å²) in [5.74, 6) is 1.92. The second-order valence-electron chi connectivity index (χ2n) is 8.37. The van der Waals surface area contributed by atoms with Crippen molar-refractivity contribution in [3.05, 3.63) is 17.6 Å². The van der Waals surface area contributed by atoms with Gasteiger partial charge in [-0.15, -0.1) is 0 Å². The molecule has 0 radical (unpaired) electrons. The van der Waals surface area contributed by atoms with Crippen LogP contribution in [-0.2, 0) is 20.9 Å². The number of methoxy groups -OCH3 is 1. The quantitative estimate of drug-likeness (QED) is 0.657. The van der Waals surface area contributed by atoms with Gasteiger partial charge in [0.25, 0.3) is 0 Å². The lowest BCUT2D eigenvalue weighted by Crippen LogP contribution is -2.32. The zero-order chi connectivity index (χ0) is 21.0. The van der Waals surface area contributed by atoms with E-state index >= 15 is 0 Å². The van der Waals surface area contributed by atoms with Gasteiger partial charge in [-0.25, -0.2) is 9.97 Å². The number of hydrogen-bond donors (Lipinski definition) is 0. The number of amides is 2. The van der Waals surface area contributed by atoms with E-state index in [1.165, 1.54) is 0 Å². The number of ether oxygens (including phenoxy) is 1. The molecule has 1 atom stereocenters. The molecule has 8 heteroatoms. The van der Waals surface area contributed by atoms with E-state index in [9.17, 15) is 9.59 Å². The first kappa shape index (κ1) is 21.5. The highest BCUT2D eigenvalue weighted by Gasteiger charge is 2.32. The van der Waals surface area contributed by atoms with Crippen LogP contribution in [0.3, 0.4) is 0 Å². The minimum atomic E-state index is 0.0376. The number of anilines is 1. The van der Waals surface area contributed by atoms with E-state index in [1.807, 2.05) is 37.0 Å². The fourth-order valence-electron chi connectivity index (χ4n) is 4.17.